The van der Waals surface area contributed by atoms with Gasteiger partial charge in [-0.25, -0.2) is 13.9 Å². The fraction of sp³-hybridized carbons (Fsp3) is 0.100. The molecule has 152 valence electrons. The summed E-state index contributed by atoms with van der Waals surface area (Å²) < 4.78 is 19.6. The first-order valence-electron chi connectivity index (χ1n) is 8.58. The smallest absolute Gasteiger partial charge is 0.356 e. The predicted octanol–water partition coefficient (Wildman–Crippen LogP) is 2.10. The van der Waals surface area contributed by atoms with Crippen LogP contribution in [0.15, 0.2) is 42.5 Å². The number of benzene rings is 2. The number of aromatic nitrogens is 2. The van der Waals surface area contributed by atoms with Crippen molar-refractivity contribution in [3.63, 3.8) is 0 Å². The highest BCUT2D eigenvalue weighted by atomic mass is 19.1. The van der Waals surface area contributed by atoms with Crippen molar-refractivity contribution < 1.29 is 23.8 Å². The van der Waals surface area contributed by atoms with Crippen LogP contribution in [0.1, 0.15) is 32.1 Å². The van der Waals surface area contributed by atoms with E-state index in [0.29, 0.717) is 11.3 Å². The van der Waals surface area contributed by atoms with Crippen LogP contribution in [0.3, 0.4) is 0 Å². The summed E-state index contributed by atoms with van der Waals surface area (Å²) in [6.07, 6.45) is 0. The number of hydrogen-bond donors (Lipinski definition) is 3. The van der Waals surface area contributed by atoms with Crippen molar-refractivity contribution in [3.05, 3.63) is 70.8 Å². The number of carbonyl (C=O) groups is 2. The first-order chi connectivity index (χ1) is 14.3. The second-order valence-corrected chi connectivity index (χ2v) is 6.13. The van der Waals surface area contributed by atoms with Gasteiger partial charge >= 0.3 is 5.97 Å². The molecule has 4 N–H and O–H groups in total. The first-order valence-corrected chi connectivity index (χ1v) is 8.58. The van der Waals surface area contributed by atoms with Crippen LogP contribution in [0.5, 0.6) is 5.75 Å². The van der Waals surface area contributed by atoms with E-state index in [-0.39, 0.29) is 34.9 Å². The maximum atomic E-state index is 13.4. The Bertz CT molecular complexity index is 1170. The summed E-state index contributed by atoms with van der Waals surface area (Å²) in [4.78, 5) is 23.8. The molecule has 2 aromatic carbocycles. The molecule has 3 rings (SSSR count). The molecule has 0 aliphatic carbocycles. The maximum Gasteiger partial charge on any atom is 0.356 e. The Hall–Kier alpha value is -4.39. The normalized spacial score (nSPS) is 10.3. The SMILES string of the molecule is COc1ccc(F)cc1C(=O)NCc1ccc(-n2nc(C#N)c(N)c2C(=O)O)cc1. The number of halogens is 1. The van der Waals surface area contributed by atoms with Crippen LogP contribution < -0.4 is 15.8 Å². The van der Waals surface area contributed by atoms with Gasteiger partial charge in [-0.3, -0.25) is 4.79 Å². The van der Waals surface area contributed by atoms with E-state index < -0.39 is 17.7 Å². The molecule has 0 radical (unpaired) electrons. The van der Waals surface area contributed by atoms with Gasteiger partial charge in [0.25, 0.3) is 5.91 Å². The molecule has 3 aromatic rings. The Morgan fingerprint density at radius 2 is 2.00 bits per heavy atom. The van der Waals surface area contributed by atoms with Crippen LogP contribution in [0, 0.1) is 17.1 Å². The van der Waals surface area contributed by atoms with Gasteiger partial charge in [0.05, 0.1) is 18.4 Å². The molecular weight excluding hydrogens is 393 g/mol. The molecule has 0 fully saturated rings. The van der Waals surface area contributed by atoms with Crippen molar-refractivity contribution in [1.29, 1.82) is 5.26 Å². The van der Waals surface area contributed by atoms with Gasteiger partial charge in [-0.2, -0.15) is 10.4 Å². The topological polar surface area (TPSA) is 143 Å². The maximum absolute atomic E-state index is 13.4. The molecule has 0 aliphatic heterocycles. The van der Waals surface area contributed by atoms with Gasteiger partial charge in [0.2, 0.25) is 0 Å². The molecule has 0 aliphatic rings. The van der Waals surface area contributed by atoms with E-state index >= 15 is 0 Å². The van der Waals surface area contributed by atoms with E-state index in [1.807, 2.05) is 0 Å². The van der Waals surface area contributed by atoms with Crippen LogP contribution in [-0.4, -0.2) is 33.9 Å². The number of amides is 1. The zero-order chi connectivity index (χ0) is 21.8. The standard InChI is InChI=1S/C20H16FN5O4/c1-30-16-7-4-12(21)8-14(16)19(27)24-10-11-2-5-13(6-3-11)26-18(20(28)29)17(23)15(9-22)25-26/h2-8H,10,23H2,1H3,(H,24,27)(H,28,29). The molecule has 30 heavy (non-hydrogen) atoms. The fourth-order valence-electron chi connectivity index (χ4n) is 2.80. The van der Waals surface area contributed by atoms with Gasteiger partial charge in [0.1, 0.15) is 23.3 Å². The molecule has 10 heteroatoms. The number of anilines is 1. The van der Waals surface area contributed by atoms with Gasteiger partial charge < -0.3 is 20.9 Å². The van der Waals surface area contributed by atoms with Gasteiger partial charge in [-0.1, -0.05) is 12.1 Å². The first kappa shape index (κ1) is 20.3. The minimum Gasteiger partial charge on any atom is -0.496 e. The summed E-state index contributed by atoms with van der Waals surface area (Å²) in [7, 11) is 1.38. The van der Waals surface area contributed by atoms with Crippen LogP contribution in [0.4, 0.5) is 10.1 Å². The van der Waals surface area contributed by atoms with Gasteiger partial charge in [0.15, 0.2) is 11.4 Å². The van der Waals surface area contributed by atoms with Crippen LogP contribution in [0.25, 0.3) is 5.69 Å². The number of hydrogen-bond acceptors (Lipinski definition) is 6. The number of nitrogens with two attached hydrogens (primary N) is 1. The number of nitrogens with one attached hydrogen (secondary N) is 1. The largest absolute Gasteiger partial charge is 0.496 e. The lowest BCUT2D eigenvalue weighted by Crippen LogP contribution is -2.23. The lowest BCUT2D eigenvalue weighted by Gasteiger charge is -2.10. The highest BCUT2D eigenvalue weighted by Crippen LogP contribution is 2.22. The lowest BCUT2D eigenvalue weighted by molar-refractivity contribution is 0.0688. The number of aromatic carboxylic acids is 1. The third-order valence-corrected chi connectivity index (χ3v) is 4.27. The van der Waals surface area contributed by atoms with E-state index in [0.717, 1.165) is 10.7 Å². The highest BCUT2D eigenvalue weighted by molar-refractivity contribution is 5.97. The second kappa shape index (κ2) is 8.32. The van der Waals surface area contributed by atoms with Crippen LogP contribution >= 0.6 is 0 Å². The van der Waals surface area contributed by atoms with E-state index in [1.165, 1.54) is 19.2 Å². The summed E-state index contributed by atoms with van der Waals surface area (Å²) in [6, 6.07) is 11.8. The van der Waals surface area contributed by atoms with Crippen LogP contribution in [-0.2, 0) is 6.54 Å². The average molecular weight is 409 g/mol. The molecule has 0 spiro atoms. The minimum atomic E-state index is -1.32. The van der Waals surface area contributed by atoms with Crippen molar-refractivity contribution in [2.75, 3.05) is 12.8 Å². The van der Waals surface area contributed by atoms with E-state index in [1.54, 1.807) is 30.3 Å². The number of nitrogen functional groups attached to an aromatic ring is 1. The van der Waals surface area contributed by atoms with Crippen molar-refractivity contribution in [2.24, 2.45) is 0 Å². The summed E-state index contributed by atoms with van der Waals surface area (Å²) in [6.45, 7) is 0.134. The Morgan fingerprint density at radius 3 is 2.60 bits per heavy atom. The number of carboxylic acids is 1. The zero-order valence-corrected chi connectivity index (χ0v) is 15.7. The second-order valence-electron chi connectivity index (χ2n) is 6.13. The molecule has 0 atom stereocenters. The summed E-state index contributed by atoms with van der Waals surface area (Å²) in [5, 5.41) is 25.0. The number of carboxylic acid groups (broad SMARTS) is 1. The van der Waals surface area contributed by atoms with Crippen molar-refractivity contribution in [2.45, 2.75) is 6.54 Å². The number of ether oxygens (including phenoxy) is 1. The third kappa shape index (κ3) is 3.90. The highest BCUT2D eigenvalue weighted by Gasteiger charge is 2.22. The predicted molar refractivity (Wildman–Crippen MR) is 104 cm³/mol. The molecule has 1 amide bonds. The monoisotopic (exact) mass is 409 g/mol. The Morgan fingerprint density at radius 1 is 1.30 bits per heavy atom. The molecule has 1 aromatic heterocycles. The van der Waals surface area contributed by atoms with Crippen LogP contribution in [0.2, 0.25) is 0 Å². The number of nitriles is 1. The Kier molecular flexibility index (Phi) is 5.64. The quantitative estimate of drug-likeness (QED) is 0.566. The number of nitrogens with zero attached hydrogens (tertiary/aromatic N) is 3. The summed E-state index contributed by atoms with van der Waals surface area (Å²) in [5.41, 5.74) is 6.10. The van der Waals surface area contributed by atoms with Gasteiger partial charge in [0, 0.05) is 6.54 Å². The molecule has 0 unspecified atom stereocenters. The van der Waals surface area contributed by atoms with E-state index in [2.05, 4.69) is 10.4 Å². The van der Waals surface area contributed by atoms with Gasteiger partial charge in [-0.05, 0) is 35.9 Å². The third-order valence-electron chi connectivity index (χ3n) is 4.27. The molecule has 0 saturated heterocycles. The van der Waals surface area contributed by atoms with Crippen molar-refractivity contribution in [3.8, 4) is 17.5 Å². The average Bonchev–Trinajstić information content (AvgIpc) is 3.08. The fourth-order valence-corrected chi connectivity index (χ4v) is 2.80. The summed E-state index contributed by atoms with van der Waals surface area (Å²) >= 11 is 0. The number of carbonyl (C=O) groups excluding carboxylic acids is 1. The van der Waals surface area contributed by atoms with E-state index in [4.69, 9.17) is 15.7 Å². The number of methoxy groups -OCH3 is 1. The summed E-state index contributed by atoms with van der Waals surface area (Å²) in [5.74, 6) is -2.14. The lowest BCUT2D eigenvalue weighted by atomic mass is 10.1. The van der Waals surface area contributed by atoms with Crippen molar-refractivity contribution >= 4 is 17.6 Å². The number of rotatable bonds is 6. The molecule has 0 bridgehead atoms. The molecule has 0 saturated carbocycles. The molecule has 1 heterocycles. The minimum absolute atomic E-state index is 0.0660. The van der Waals surface area contributed by atoms with Crippen molar-refractivity contribution in [1.82, 2.24) is 15.1 Å². The molecular formula is C20H16FN5O4. The Balaban J connectivity index is 1.78. The van der Waals surface area contributed by atoms with E-state index in [9.17, 15) is 19.1 Å². The molecule has 9 nitrogen and oxygen atoms in total. The zero-order valence-electron chi connectivity index (χ0n) is 15.7. The Labute approximate surface area is 170 Å². The van der Waals surface area contributed by atoms with Gasteiger partial charge in [-0.15, -0.1) is 0 Å².